The van der Waals surface area contributed by atoms with Crippen molar-refractivity contribution in [1.29, 1.82) is 0 Å². The number of nitrogens with two attached hydrogens (primary N) is 1. The van der Waals surface area contributed by atoms with E-state index in [9.17, 15) is 18.0 Å². The van der Waals surface area contributed by atoms with Crippen LogP contribution in [0.15, 0.2) is 12.1 Å². The molecule has 1 aliphatic rings. The van der Waals surface area contributed by atoms with Gasteiger partial charge in [-0.1, -0.05) is 0 Å². The summed E-state index contributed by atoms with van der Waals surface area (Å²) in [5.74, 6) is 1.90. The Balaban J connectivity index is 2.51. The molecule has 0 saturated carbocycles. The van der Waals surface area contributed by atoms with Gasteiger partial charge in [0.2, 0.25) is 0 Å². The third kappa shape index (κ3) is 2.49. The van der Waals surface area contributed by atoms with E-state index in [0.29, 0.717) is 5.12 Å². The Hall–Kier alpha value is -1.48. The number of nitrogens with zero attached hydrogens (tertiary/aromatic N) is 1. The van der Waals surface area contributed by atoms with Crippen molar-refractivity contribution in [3.8, 4) is 0 Å². The Labute approximate surface area is 69.6 Å². The maximum Gasteiger partial charge on any atom is 0.491 e. The summed E-state index contributed by atoms with van der Waals surface area (Å²) in [5.41, 5.74) is 1.90. The number of carbonyl (C=O) groups is 1. The van der Waals surface area contributed by atoms with Gasteiger partial charge in [-0.2, -0.15) is 13.2 Å². The van der Waals surface area contributed by atoms with Crippen LogP contribution < -0.4 is 11.4 Å². The quantitative estimate of drug-likeness (QED) is 0.438. The van der Waals surface area contributed by atoms with Gasteiger partial charge in [0.15, 0.2) is 0 Å². The average molecular weight is 199 g/mol. The van der Waals surface area contributed by atoms with Crippen LogP contribution in [0.2, 0.25) is 0 Å². The first-order valence-electron chi connectivity index (χ1n) is 2.87. The minimum atomic E-state index is -5.06. The number of carbonyl (C=O) groups excluding carboxylic acids is 1. The van der Waals surface area contributed by atoms with Crippen molar-refractivity contribution in [2.75, 3.05) is 0 Å². The molecule has 0 radical (unpaired) electrons. The fourth-order valence-corrected chi connectivity index (χ4v) is 0.460. The van der Waals surface area contributed by atoms with Crippen molar-refractivity contribution < 1.29 is 27.5 Å². The highest BCUT2D eigenvalue weighted by molar-refractivity contribution is 5.76. The molecular formula is C4H4F3N3O3. The average Bonchev–Trinajstić information content (AvgIpc) is 2.33. The molecule has 13 heavy (non-hydrogen) atoms. The topological polar surface area (TPSA) is 76.8 Å². The molecule has 0 fully saturated rings. The molecule has 6 nitrogen and oxygen atoms in total. The number of halogens is 3. The van der Waals surface area contributed by atoms with Crippen LogP contribution in [0.3, 0.4) is 0 Å². The van der Waals surface area contributed by atoms with Crippen LogP contribution in [-0.2, 0) is 14.4 Å². The molecule has 0 atom stereocenters. The molecule has 0 aromatic carbocycles. The molecule has 0 unspecified atom stereocenters. The molecule has 0 saturated heterocycles. The van der Waals surface area contributed by atoms with Crippen molar-refractivity contribution >= 4 is 5.97 Å². The van der Waals surface area contributed by atoms with Gasteiger partial charge in [0.05, 0.1) is 0 Å². The van der Waals surface area contributed by atoms with Crippen molar-refractivity contribution in [2.24, 2.45) is 5.84 Å². The Morgan fingerprint density at radius 3 is 2.69 bits per heavy atom. The molecule has 1 heterocycles. The molecule has 0 aliphatic carbocycles. The first kappa shape index (κ1) is 9.61. The van der Waals surface area contributed by atoms with Gasteiger partial charge in [-0.25, -0.2) is 15.8 Å². The first-order valence-corrected chi connectivity index (χ1v) is 2.87. The molecule has 1 rings (SSSR count). The Morgan fingerprint density at radius 1 is 1.69 bits per heavy atom. The minimum absolute atomic E-state index is 0.676. The highest BCUT2D eigenvalue weighted by Gasteiger charge is 2.42. The third-order valence-corrected chi connectivity index (χ3v) is 0.921. The summed E-state index contributed by atoms with van der Waals surface area (Å²) < 4.78 is 38.5. The maximum atomic E-state index is 11.6. The Bertz CT molecular complexity index is 251. The number of alkyl halides is 3. The second-order valence-electron chi connectivity index (χ2n) is 1.94. The Kier molecular flexibility index (Phi) is 2.30. The van der Waals surface area contributed by atoms with Gasteiger partial charge in [-0.15, -0.1) is 0 Å². The zero-order valence-electron chi connectivity index (χ0n) is 5.96. The summed E-state index contributed by atoms with van der Waals surface area (Å²) in [6, 6.07) is 0. The van der Waals surface area contributed by atoms with Crippen molar-refractivity contribution in [3.05, 3.63) is 12.1 Å². The number of ether oxygens (including phenoxy) is 1. The maximum absolute atomic E-state index is 11.6. The normalized spacial score (nSPS) is 16.6. The molecule has 1 aliphatic heterocycles. The minimum Gasteiger partial charge on any atom is -0.384 e. The van der Waals surface area contributed by atoms with Gasteiger partial charge in [0.1, 0.15) is 6.20 Å². The standard InChI is InChI=1S/C4H4F3N3O3/c5-4(6,7)3(11)12-2-1-10(8)9-13-2/h1,9H,8H2. The van der Waals surface area contributed by atoms with Gasteiger partial charge in [-0.05, 0) is 5.59 Å². The van der Waals surface area contributed by atoms with Crippen LogP contribution in [-0.4, -0.2) is 17.3 Å². The lowest BCUT2D eigenvalue weighted by atomic mass is 10.7. The van der Waals surface area contributed by atoms with Crippen molar-refractivity contribution in [1.82, 2.24) is 10.7 Å². The van der Waals surface area contributed by atoms with Crippen LogP contribution in [0.1, 0.15) is 0 Å². The van der Waals surface area contributed by atoms with Gasteiger partial charge in [0.25, 0.3) is 0 Å². The SMILES string of the molecule is NN1C=C(OC(=O)C(F)(F)F)ON1. The molecule has 74 valence electrons. The predicted molar refractivity (Wildman–Crippen MR) is 30.5 cm³/mol. The van der Waals surface area contributed by atoms with Gasteiger partial charge in [0, 0.05) is 0 Å². The zero-order valence-corrected chi connectivity index (χ0v) is 5.96. The molecule has 0 bridgehead atoms. The third-order valence-electron chi connectivity index (χ3n) is 0.921. The summed E-state index contributed by atoms with van der Waals surface area (Å²) in [6.07, 6.45) is -4.24. The highest BCUT2D eigenvalue weighted by atomic mass is 19.4. The van der Waals surface area contributed by atoms with Crippen LogP contribution in [0.25, 0.3) is 0 Å². The number of nitrogens with one attached hydrogen (secondary N) is 1. The number of hydrazine groups is 2. The van der Waals surface area contributed by atoms with Gasteiger partial charge in [-0.3, -0.25) is 0 Å². The summed E-state index contributed by atoms with van der Waals surface area (Å²) in [7, 11) is 0. The zero-order chi connectivity index (χ0) is 10.1. The summed E-state index contributed by atoms with van der Waals surface area (Å²) >= 11 is 0. The van der Waals surface area contributed by atoms with Crippen LogP contribution in [0, 0.1) is 0 Å². The molecule has 0 aromatic heterocycles. The second-order valence-corrected chi connectivity index (χ2v) is 1.94. The van der Waals surface area contributed by atoms with E-state index in [4.69, 9.17) is 5.84 Å². The monoisotopic (exact) mass is 199 g/mol. The number of hydrogen-bond acceptors (Lipinski definition) is 6. The largest absolute Gasteiger partial charge is 0.491 e. The number of rotatable bonds is 1. The first-order chi connectivity index (χ1) is 5.89. The lowest BCUT2D eigenvalue weighted by Gasteiger charge is -2.05. The molecule has 9 heteroatoms. The number of hydrogen-bond donors (Lipinski definition) is 2. The molecule has 0 spiro atoms. The summed E-state index contributed by atoms with van der Waals surface area (Å²) in [6.45, 7) is 0. The van der Waals surface area contributed by atoms with E-state index >= 15 is 0 Å². The smallest absolute Gasteiger partial charge is 0.384 e. The van der Waals surface area contributed by atoms with Crippen molar-refractivity contribution in [3.63, 3.8) is 0 Å². The van der Waals surface area contributed by atoms with Crippen molar-refractivity contribution in [2.45, 2.75) is 6.18 Å². The van der Waals surface area contributed by atoms with Crippen LogP contribution in [0.4, 0.5) is 13.2 Å². The lowest BCUT2D eigenvalue weighted by Crippen LogP contribution is -2.33. The fraction of sp³-hybridized carbons (Fsp3) is 0.250. The predicted octanol–water partition coefficient (Wildman–Crippen LogP) is -0.484. The van der Waals surface area contributed by atoms with E-state index in [0.717, 1.165) is 6.20 Å². The second kappa shape index (κ2) is 3.11. The van der Waals surface area contributed by atoms with Crippen LogP contribution in [0.5, 0.6) is 0 Å². The van der Waals surface area contributed by atoms with E-state index in [2.05, 4.69) is 9.57 Å². The highest BCUT2D eigenvalue weighted by Crippen LogP contribution is 2.19. The van der Waals surface area contributed by atoms with Crippen LogP contribution >= 0.6 is 0 Å². The van der Waals surface area contributed by atoms with E-state index < -0.39 is 18.1 Å². The molecule has 0 aromatic rings. The van der Waals surface area contributed by atoms with E-state index in [1.54, 1.807) is 0 Å². The Morgan fingerprint density at radius 2 is 2.31 bits per heavy atom. The summed E-state index contributed by atoms with van der Waals surface area (Å²) in [4.78, 5) is 14.4. The van der Waals surface area contributed by atoms with Gasteiger partial charge < -0.3 is 9.57 Å². The van der Waals surface area contributed by atoms with E-state index in [1.807, 2.05) is 5.59 Å². The lowest BCUT2D eigenvalue weighted by molar-refractivity contribution is -0.201. The summed E-state index contributed by atoms with van der Waals surface area (Å²) in [5, 5.41) is 0.680. The molecule has 0 amide bonds. The number of esters is 1. The fourth-order valence-electron chi connectivity index (χ4n) is 0.460. The van der Waals surface area contributed by atoms with E-state index in [-0.39, 0.29) is 0 Å². The van der Waals surface area contributed by atoms with Gasteiger partial charge >= 0.3 is 18.1 Å². The molecular weight excluding hydrogens is 195 g/mol. The van der Waals surface area contributed by atoms with E-state index in [1.165, 1.54) is 0 Å². The molecule has 3 N–H and O–H groups in total.